The molecule has 0 N–H and O–H groups in total. The predicted molar refractivity (Wildman–Crippen MR) is 75.2 cm³/mol. The SMILES string of the molecule is CCC(=O)OC(OC(=O)Oc1ccc([N+](=O)[O-])cc1)C(C)C. The van der Waals surface area contributed by atoms with Gasteiger partial charge in [0, 0.05) is 24.5 Å². The molecule has 0 aliphatic carbocycles. The number of nitro groups is 1. The predicted octanol–water partition coefficient (Wildman–Crippen LogP) is 3.05. The summed E-state index contributed by atoms with van der Waals surface area (Å²) >= 11 is 0. The van der Waals surface area contributed by atoms with E-state index in [4.69, 9.17) is 14.2 Å². The van der Waals surface area contributed by atoms with E-state index in [2.05, 4.69) is 0 Å². The maximum absolute atomic E-state index is 11.6. The number of rotatable bonds is 6. The summed E-state index contributed by atoms with van der Waals surface area (Å²) in [6, 6.07) is 4.92. The molecule has 120 valence electrons. The maximum Gasteiger partial charge on any atom is 0.516 e. The molecule has 0 amide bonds. The second-order valence-electron chi connectivity index (χ2n) is 4.68. The lowest BCUT2D eigenvalue weighted by Crippen LogP contribution is -2.30. The summed E-state index contributed by atoms with van der Waals surface area (Å²) in [5.41, 5.74) is -0.127. The quantitative estimate of drug-likeness (QED) is 0.261. The zero-order valence-corrected chi connectivity index (χ0v) is 12.5. The van der Waals surface area contributed by atoms with Crippen molar-refractivity contribution >= 4 is 17.8 Å². The van der Waals surface area contributed by atoms with Gasteiger partial charge in [-0.05, 0) is 12.1 Å². The number of hydrogen-bond donors (Lipinski definition) is 0. The first-order valence-corrected chi connectivity index (χ1v) is 6.65. The molecule has 0 radical (unpaired) electrons. The largest absolute Gasteiger partial charge is 0.516 e. The fourth-order valence-corrected chi connectivity index (χ4v) is 1.36. The van der Waals surface area contributed by atoms with Crippen LogP contribution in [0, 0.1) is 16.0 Å². The van der Waals surface area contributed by atoms with E-state index in [-0.39, 0.29) is 23.8 Å². The lowest BCUT2D eigenvalue weighted by Gasteiger charge is -2.20. The van der Waals surface area contributed by atoms with Crippen LogP contribution in [-0.2, 0) is 14.3 Å². The molecule has 0 heterocycles. The molecular weight excluding hydrogens is 294 g/mol. The number of nitrogens with zero attached hydrogens (tertiary/aromatic N) is 1. The fourth-order valence-electron chi connectivity index (χ4n) is 1.36. The van der Waals surface area contributed by atoms with Gasteiger partial charge in [-0.3, -0.25) is 14.9 Å². The third-order valence-electron chi connectivity index (χ3n) is 2.54. The van der Waals surface area contributed by atoms with Crippen molar-refractivity contribution < 1.29 is 28.7 Å². The summed E-state index contributed by atoms with van der Waals surface area (Å²) in [5, 5.41) is 10.5. The Labute approximate surface area is 127 Å². The van der Waals surface area contributed by atoms with Crippen molar-refractivity contribution in [3.05, 3.63) is 34.4 Å². The first-order valence-electron chi connectivity index (χ1n) is 6.65. The summed E-state index contributed by atoms with van der Waals surface area (Å²) in [6.07, 6.45) is -1.96. The van der Waals surface area contributed by atoms with Crippen molar-refractivity contribution in [2.75, 3.05) is 0 Å². The third kappa shape index (κ3) is 5.39. The molecule has 0 aliphatic rings. The van der Waals surface area contributed by atoms with Gasteiger partial charge in [-0.15, -0.1) is 0 Å². The van der Waals surface area contributed by atoms with E-state index in [1.165, 1.54) is 24.3 Å². The minimum Gasteiger partial charge on any atom is -0.425 e. The highest BCUT2D eigenvalue weighted by molar-refractivity contribution is 5.69. The van der Waals surface area contributed by atoms with E-state index in [0.29, 0.717) is 0 Å². The standard InChI is InChI=1S/C14H17NO7/c1-4-12(16)21-13(9(2)3)22-14(17)20-11-7-5-10(6-8-11)15(18)19/h5-9,13H,4H2,1-3H3. The van der Waals surface area contributed by atoms with Crippen LogP contribution in [0.2, 0.25) is 0 Å². The van der Waals surface area contributed by atoms with Gasteiger partial charge in [0.05, 0.1) is 4.92 Å². The highest BCUT2D eigenvalue weighted by Gasteiger charge is 2.23. The Balaban J connectivity index is 2.63. The van der Waals surface area contributed by atoms with Gasteiger partial charge in [0.1, 0.15) is 5.75 Å². The van der Waals surface area contributed by atoms with Crippen molar-refractivity contribution in [1.29, 1.82) is 0 Å². The number of ether oxygens (including phenoxy) is 3. The Morgan fingerprint density at radius 2 is 1.77 bits per heavy atom. The van der Waals surface area contributed by atoms with Gasteiger partial charge in [0.15, 0.2) is 0 Å². The van der Waals surface area contributed by atoms with E-state index in [9.17, 15) is 19.7 Å². The molecule has 8 nitrogen and oxygen atoms in total. The van der Waals surface area contributed by atoms with E-state index < -0.39 is 23.3 Å². The molecule has 0 bridgehead atoms. The topological polar surface area (TPSA) is 105 Å². The molecule has 1 aromatic carbocycles. The zero-order chi connectivity index (χ0) is 16.7. The van der Waals surface area contributed by atoms with Crippen molar-refractivity contribution in [1.82, 2.24) is 0 Å². The molecule has 1 atom stereocenters. The average molecular weight is 311 g/mol. The van der Waals surface area contributed by atoms with Gasteiger partial charge in [0.25, 0.3) is 12.0 Å². The number of non-ortho nitro benzene ring substituents is 1. The Bertz CT molecular complexity index is 539. The zero-order valence-electron chi connectivity index (χ0n) is 12.5. The lowest BCUT2D eigenvalue weighted by molar-refractivity contribution is -0.384. The lowest BCUT2D eigenvalue weighted by atomic mass is 10.2. The van der Waals surface area contributed by atoms with Crippen LogP contribution < -0.4 is 4.74 Å². The van der Waals surface area contributed by atoms with Gasteiger partial charge >= 0.3 is 12.1 Å². The summed E-state index contributed by atoms with van der Waals surface area (Å²) in [6.45, 7) is 5.05. The summed E-state index contributed by atoms with van der Waals surface area (Å²) in [5.74, 6) is -0.665. The molecule has 0 fully saturated rings. The van der Waals surface area contributed by atoms with Crippen molar-refractivity contribution in [3.8, 4) is 5.75 Å². The number of esters is 1. The van der Waals surface area contributed by atoms with E-state index >= 15 is 0 Å². The molecular formula is C14H17NO7. The van der Waals surface area contributed by atoms with Crippen LogP contribution in [0.1, 0.15) is 27.2 Å². The molecule has 0 saturated carbocycles. The first-order chi connectivity index (χ1) is 10.3. The second kappa shape index (κ2) is 7.96. The van der Waals surface area contributed by atoms with Crippen LogP contribution in [0.5, 0.6) is 5.75 Å². The third-order valence-corrected chi connectivity index (χ3v) is 2.54. The van der Waals surface area contributed by atoms with Crippen molar-refractivity contribution in [2.45, 2.75) is 33.5 Å². The first kappa shape index (κ1) is 17.4. The van der Waals surface area contributed by atoms with Crippen LogP contribution in [0.3, 0.4) is 0 Å². The summed E-state index contributed by atoms with van der Waals surface area (Å²) in [7, 11) is 0. The Morgan fingerprint density at radius 3 is 2.23 bits per heavy atom. The summed E-state index contributed by atoms with van der Waals surface area (Å²) < 4.78 is 14.8. The minimum atomic E-state index is -1.06. The molecule has 0 aromatic heterocycles. The minimum absolute atomic E-state index is 0.0833. The van der Waals surface area contributed by atoms with Crippen LogP contribution in [-0.4, -0.2) is 23.3 Å². The molecule has 22 heavy (non-hydrogen) atoms. The average Bonchev–Trinajstić information content (AvgIpc) is 2.46. The normalized spacial score (nSPS) is 11.6. The van der Waals surface area contributed by atoms with Crippen LogP contribution in [0.25, 0.3) is 0 Å². The van der Waals surface area contributed by atoms with E-state index in [1.54, 1.807) is 20.8 Å². The van der Waals surface area contributed by atoms with Gasteiger partial charge < -0.3 is 14.2 Å². The highest BCUT2D eigenvalue weighted by atomic mass is 16.8. The van der Waals surface area contributed by atoms with Crippen LogP contribution >= 0.6 is 0 Å². The van der Waals surface area contributed by atoms with Crippen molar-refractivity contribution in [2.24, 2.45) is 5.92 Å². The van der Waals surface area contributed by atoms with Gasteiger partial charge in [0.2, 0.25) is 0 Å². The number of benzene rings is 1. The number of nitro benzene ring substituents is 1. The molecule has 1 unspecified atom stereocenters. The monoisotopic (exact) mass is 311 g/mol. The maximum atomic E-state index is 11.6. The van der Waals surface area contributed by atoms with Crippen LogP contribution in [0.15, 0.2) is 24.3 Å². The van der Waals surface area contributed by atoms with Crippen molar-refractivity contribution in [3.63, 3.8) is 0 Å². The Morgan fingerprint density at radius 1 is 1.18 bits per heavy atom. The highest BCUT2D eigenvalue weighted by Crippen LogP contribution is 2.18. The second-order valence-corrected chi connectivity index (χ2v) is 4.68. The molecule has 1 rings (SSSR count). The number of hydrogen-bond acceptors (Lipinski definition) is 7. The van der Waals surface area contributed by atoms with Gasteiger partial charge in [-0.25, -0.2) is 4.79 Å². The number of carbonyl (C=O) groups excluding carboxylic acids is 2. The molecule has 0 spiro atoms. The summed E-state index contributed by atoms with van der Waals surface area (Å²) in [4.78, 5) is 32.8. The van der Waals surface area contributed by atoms with Gasteiger partial charge in [-0.1, -0.05) is 20.8 Å². The fraction of sp³-hybridized carbons (Fsp3) is 0.429. The molecule has 1 aromatic rings. The van der Waals surface area contributed by atoms with E-state index in [0.717, 1.165) is 0 Å². The Kier molecular flexibility index (Phi) is 6.30. The smallest absolute Gasteiger partial charge is 0.425 e. The van der Waals surface area contributed by atoms with E-state index in [1.807, 2.05) is 0 Å². The molecule has 0 aliphatic heterocycles. The Hall–Kier alpha value is -2.64. The van der Waals surface area contributed by atoms with Crippen LogP contribution in [0.4, 0.5) is 10.5 Å². The molecule has 8 heteroatoms. The number of carbonyl (C=O) groups is 2. The van der Waals surface area contributed by atoms with Gasteiger partial charge in [-0.2, -0.15) is 0 Å². The molecule has 0 saturated heterocycles.